The fourth-order valence-electron chi connectivity index (χ4n) is 2.44. The Morgan fingerprint density at radius 2 is 1.96 bits per heavy atom. The van der Waals surface area contributed by atoms with Gasteiger partial charge < -0.3 is 9.52 Å². The smallest absolute Gasteiger partial charge is 0.416 e. The molecule has 0 aliphatic heterocycles. The van der Waals surface area contributed by atoms with Gasteiger partial charge in [-0.2, -0.15) is 13.2 Å². The summed E-state index contributed by atoms with van der Waals surface area (Å²) in [7, 11) is 0. The van der Waals surface area contributed by atoms with Crippen LogP contribution >= 0.6 is 0 Å². The molecule has 1 unspecified atom stereocenters. The number of furan rings is 1. The predicted octanol–water partition coefficient (Wildman–Crippen LogP) is 4.55. The molecular weight excluding hydrogens is 335 g/mol. The lowest BCUT2D eigenvalue weighted by Gasteiger charge is -2.15. The molecule has 1 atom stereocenters. The van der Waals surface area contributed by atoms with Gasteiger partial charge in [-0.25, -0.2) is 0 Å². The quantitative estimate of drug-likeness (QED) is 0.765. The molecule has 0 saturated heterocycles. The lowest BCUT2D eigenvalue weighted by molar-refractivity contribution is -0.140. The summed E-state index contributed by atoms with van der Waals surface area (Å²) in [5, 5.41) is 12.1. The van der Waals surface area contributed by atoms with Gasteiger partial charge in [-0.1, -0.05) is 26.0 Å². The van der Waals surface area contributed by atoms with Crippen molar-refractivity contribution >= 4 is 5.97 Å². The third-order valence-electron chi connectivity index (χ3n) is 3.66. The van der Waals surface area contributed by atoms with E-state index in [-0.39, 0.29) is 12.5 Å². The number of nitrogens with one attached hydrogen (secondary N) is 1. The van der Waals surface area contributed by atoms with Crippen LogP contribution in [0.2, 0.25) is 0 Å². The van der Waals surface area contributed by atoms with Gasteiger partial charge in [-0.3, -0.25) is 10.1 Å². The first-order valence-electron chi connectivity index (χ1n) is 7.89. The minimum atomic E-state index is -4.42. The van der Waals surface area contributed by atoms with Crippen molar-refractivity contribution in [1.82, 2.24) is 5.32 Å². The molecule has 0 fully saturated rings. The SMILES string of the molecule is CC(C)CC(NCc1ccc(-c2cccc(C(F)(F)F)c2)o1)C(=O)O. The van der Waals surface area contributed by atoms with Crippen LogP contribution in [0, 0.1) is 5.92 Å². The molecule has 1 aromatic carbocycles. The van der Waals surface area contributed by atoms with Crippen molar-refractivity contribution in [3.63, 3.8) is 0 Å². The molecule has 0 radical (unpaired) electrons. The van der Waals surface area contributed by atoms with Crippen molar-refractivity contribution in [3.05, 3.63) is 47.7 Å². The van der Waals surface area contributed by atoms with Gasteiger partial charge in [-0.15, -0.1) is 0 Å². The van der Waals surface area contributed by atoms with Gasteiger partial charge in [-0.05, 0) is 36.6 Å². The summed E-state index contributed by atoms with van der Waals surface area (Å²) in [5.74, 6) is 0.0327. The Morgan fingerprint density at radius 3 is 2.56 bits per heavy atom. The van der Waals surface area contributed by atoms with Crippen LogP contribution in [0.15, 0.2) is 40.8 Å². The lowest BCUT2D eigenvalue weighted by Crippen LogP contribution is -2.37. The molecule has 136 valence electrons. The highest BCUT2D eigenvalue weighted by molar-refractivity contribution is 5.73. The molecule has 2 rings (SSSR count). The fraction of sp³-hybridized carbons (Fsp3) is 0.389. The first-order chi connectivity index (χ1) is 11.7. The van der Waals surface area contributed by atoms with E-state index >= 15 is 0 Å². The number of hydrogen-bond donors (Lipinski definition) is 2. The second kappa shape index (κ2) is 7.74. The number of hydrogen-bond acceptors (Lipinski definition) is 3. The molecule has 0 amide bonds. The van der Waals surface area contributed by atoms with Crippen LogP contribution in [0.4, 0.5) is 13.2 Å². The van der Waals surface area contributed by atoms with Crippen LogP contribution in [0.5, 0.6) is 0 Å². The topological polar surface area (TPSA) is 62.5 Å². The predicted molar refractivity (Wildman–Crippen MR) is 86.9 cm³/mol. The Balaban J connectivity index is 2.09. The number of halogens is 3. The van der Waals surface area contributed by atoms with E-state index in [9.17, 15) is 23.1 Å². The van der Waals surface area contributed by atoms with Crippen molar-refractivity contribution in [2.24, 2.45) is 5.92 Å². The molecule has 0 aliphatic carbocycles. The van der Waals surface area contributed by atoms with E-state index < -0.39 is 23.8 Å². The highest BCUT2D eigenvalue weighted by atomic mass is 19.4. The monoisotopic (exact) mass is 355 g/mol. The van der Waals surface area contributed by atoms with Gasteiger partial charge in [0.05, 0.1) is 12.1 Å². The van der Waals surface area contributed by atoms with E-state index in [1.54, 1.807) is 12.1 Å². The third-order valence-corrected chi connectivity index (χ3v) is 3.66. The average molecular weight is 355 g/mol. The van der Waals surface area contributed by atoms with E-state index in [1.165, 1.54) is 12.1 Å². The van der Waals surface area contributed by atoms with Crippen molar-refractivity contribution in [1.29, 1.82) is 0 Å². The van der Waals surface area contributed by atoms with Gasteiger partial charge >= 0.3 is 12.1 Å². The standard InChI is InChI=1S/C18H20F3NO3/c1-11(2)8-15(17(23)24)22-10-14-6-7-16(25-14)12-4-3-5-13(9-12)18(19,20)21/h3-7,9,11,15,22H,8,10H2,1-2H3,(H,23,24). The number of carboxylic acids is 1. The Morgan fingerprint density at radius 1 is 1.24 bits per heavy atom. The zero-order valence-corrected chi connectivity index (χ0v) is 13.9. The number of rotatable bonds is 7. The average Bonchev–Trinajstić information content (AvgIpc) is 2.99. The van der Waals surface area contributed by atoms with Crippen molar-refractivity contribution in [3.8, 4) is 11.3 Å². The normalized spacial score (nSPS) is 13.2. The highest BCUT2D eigenvalue weighted by Crippen LogP contribution is 2.32. The summed E-state index contributed by atoms with van der Waals surface area (Å²) >= 11 is 0. The van der Waals surface area contributed by atoms with E-state index in [0.29, 0.717) is 23.5 Å². The van der Waals surface area contributed by atoms with Crippen LogP contribution < -0.4 is 5.32 Å². The second-order valence-corrected chi connectivity index (χ2v) is 6.25. The van der Waals surface area contributed by atoms with E-state index in [1.807, 2.05) is 13.8 Å². The summed E-state index contributed by atoms with van der Waals surface area (Å²) in [4.78, 5) is 11.2. The Hall–Kier alpha value is -2.28. The summed E-state index contributed by atoms with van der Waals surface area (Å²) in [6, 6.07) is 7.36. The zero-order chi connectivity index (χ0) is 18.6. The zero-order valence-electron chi connectivity index (χ0n) is 13.9. The third kappa shape index (κ3) is 5.35. The maximum atomic E-state index is 12.8. The molecule has 0 saturated carbocycles. The minimum absolute atomic E-state index is 0.183. The van der Waals surface area contributed by atoms with Crippen LogP contribution in [0.1, 0.15) is 31.6 Å². The van der Waals surface area contributed by atoms with Gasteiger partial charge in [0.1, 0.15) is 17.6 Å². The molecule has 1 heterocycles. The number of carbonyl (C=O) groups is 1. The summed E-state index contributed by atoms with van der Waals surface area (Å²) in [6.45, 7) is 4.04. The van der Waals surface area contributed by atoms with Crippen LogP contribution in [0.25, 0.3) is 11.3 Å². The molecule has 0 aliphatic rings. The highest BCUT2D eigenvalue weighted by Gasteiger charge is 2.30. The van der Waals surface area contributed by atoms with Gasteiger partial charge in [0, 0.05) is 5.56 Å². The molecule has 2 aromatic rings. The van der Waals surface area contributed by atoms with Crippen molar-refractivity contribution < 1.29 is 27.5 Å². The van der Waals surface area contributed by atoms with Crippen LogP contribution in [-0.4, -0.2) is 17.1 Å². The molecule has 0 spiro atoms. The van der Waals surface area contributed by atoms with Crippen molar-refractivity contribution in [2.45, 2.75) is 39.0 Å². The van der Waals surface area contributed by atoms with Crippen LogP contribution in [0.3, 0.4) is 0 Å². The number of carboxylic acid groups (broad SMARTS) is 1. The maximum Gasteiger partial charge on any atom is 0.416 e. The second-order valence-electron chi connectivity index (χ2n) is 6.25. The van der Waals surface area contributed by atoms with Crippen molar-refractivity contribution in [2.75, 3.05) is 0 Å². The summed E-state index contributed by atoms with van der Waals surface area (Å²) in [5.41, 5.74) is -0.429. The molecule has 2 N–H and O–H groups in total. The Bertz CT molecular complexity index is 722. The summed E-state index contributed by atoms with van der Waals surface area (Å²) in [6.07, 6.45) is -3.95. The molecular formula is C18H20F3NO3. The summed E-state index contributed by atoms with van der Waals surface area (Å²) < 4.78 is 43.9. The number of aliphatic carboxylic acids is 1. The largest absolute Gasteiger partial charge is 0.480 e. The molecule has 7 heteroatoms. The Labute approximate surface area is 143 Å². The number of benzene rings is 1. The van der Waals surface area contributed by atoms with Gasteiger partial charge in [0.2, 0.25) is 0 Å². The van der Waals surface area contributed by atoms with Gasteiger partial charge in [0.15, 0.2) is 0 Å². The molecule has 1 aromatic heterocycles. The molecule has 25 heavy (non-hydrogen) atoms. The lowest BCUT2D eigenvalue weighted by atomic mass is 10.0. The minimum Gasteiger partial charge on any atom is -0.480 e. The van der Waals surface area contributed by atoms with E-state index in [2.05, 4.69) is 5.32 Å². The van der Waals surface area contributed by atoms with E-state index in [4.69, 9.17) is 4.42 Å². The molecule has 4 nitrogen and oxygen atoms in total. The maximum absolute atomic E-state index is 12.8. The fourth-order valence-corrected chi connectivity index (χ4v) is 2.44. The first kappa shape index (κ1) is 19.1. The van der Waals surface area contributed by atoms with E-state index in [0.717, 1.165) is 12.1 Å². The van der Waals surface area contributed by atoms with Gasteiger partial charge in [0.25, 0.3) is 0 Å². The Kier molecular flexibility index (Phi) is 5.89. The number of alkyl halides is 3. The first-order valence-corrected chi connectivity index (χ1v) is 7.89. The molecule has 0 bridgehead atoms. The van der Waals surface area contributed by atoms with Crippen LogP contribution in [-0.2, 0) is 17.5 Å².